The highest BCUT2D eigenvalue weighted by Crippen LogP contribution is 2.24. The maximum Gasteiger partial charge on any atom is 0.255 e. The quantitative estimate of drug-likeness (QED) is 0.878. The van der Waals surface area contributed by atoms with E-state index >= 15 is 0 Å². The number of aromatic nitrogens is 1. The minimum Gasteiger partial charge on any atom is -0.380 e. The molecule has 102 valence electrons. The second-order valence-corrected chi connectivity index (χ2v) is 5.18. The van der Waals surface area contributed by atoms with Gasteiger partial charge in [0.05, 0.1) is 11.7 Å². The fraction of sp³-hybridized carbons (Fsp3) is 0.417. The van der Waals surface area contributed by atoms with Crippen LogP contribution in [-0.2, 0) is 9.53 Å². The maximum atomic E-state index is 12.4. The summed E-state index contributed by atoms with van der Waals surface area (Å²) in [4.78, 5) is 29.3. The molecule has 1 aromatic rings. The first-order valence-electron chi connectivity index (χ1n) is 5.77. The van der Waals surface area contributed by atoms with Gasteiger partial charge >= 0.3 is 0 Å². The Bertz CT molecular complexity index is 509. The second-order valence-electron chi connectivity index (χ2n) is 4.32. The average Bonchev–Trinajstić information content (AvgIpc) is 2.83. The maximum absolute atomic E-state index is 12.4. The molecule has 0 aromatic carbocycles. The van der Waals surface area contributed by atoms with E-state index in [4.69, 9.17) is 10.5 Å². The Morgan fingerprint density at radius 2 is 2.32 bits per heavy atom. The normalized spacial score (nSPS) is 22.5. The van der Waals surface area contributed by atoms with Crippen molar-refractivity contribution in [3.05, 3.63) is 28.5 Å². The van der Waals surface area contributed by atoms with E-state index in [9.17, 15) is 9.59 Å². The molecular weight excluding hydrogens is 314 g/mol. The lowest BCUT2D eigenvalue weighted by molar-refractivity contribution is -0.121. The fourth-order valence-corrected chi connectivity index (χ4v) is 2.59. The summed E-state index contributed by atoms with van der Waals surface area (Å²) in [6, 6.07) is 0.974. The van der Waals surface area contributed by atoms with Gasteiger partial charge in [0.2, 0.25) is 5.91 Å². The highest BCUT2D eigenvalue weighted by Gasteiger charge is 2.39. The van der Waals surface area contributed by atoms with Gasteiger partial charge < -0.3 is 15.4 Å². The van der Waals surface area contributed by atoms with Gasteiger partial charge in [-0.25, -0.2) is 0 Å². The van der Waals surface area contributed by atoms with Crippen molar-refractivity contribution in [3.8, 4) is 0 Å². The number of pyridine rings is 1. The number of nitrogens with two attached hydrogens (primary N) is 1. The number of halogens is 1. The standard InChI is InChI=1S/C12H14BrN3O3/c1-19-7-4-10(11(14)17)16(6-7)12(18)8-2-3-15-5-9(8)13/h2-3,5,7,10H,4,6H2,1H3,(H2,14,17)/t7-,10-/m0/s1. The van der Waals surface area contributed by atoms with Gasteiger partial charge in [-0.2, -0.15) is 0 Å². The highest BCUT2D eigenvalue weighted by molar-refractivity contribution is 9.10. The zero-order valence-corrected chi connectivity index (χ0v) is 12.0. The van der Waals surface area contributed by atoms with Crippen molar-refractivity contribution in [1.82, 2.24) is 9.88 Å². The fourth-order valence-electron chi connectivity index (χ4n) is 2.17. The Morgan fingerprint density at radius 1 is 1.58 bits per heavy atom. The molecule has 1 fully saturated rings. The van der Waals surface area contributed by atoms with Gasteiger partial charge in [0, 0.05) is 36.9 Å². The van der Waals surface area contributed by atoms with Crippen molar-refractivity contribution in [2.45, 2.75) is 18.6 Å². The number of carbonyl (C=O) groups is 2. The van der Waals surface area contributed by atoms with Crippen molar-refractivity contribution in [2.75, 3.05) is 13.7 Å². The summed E-state index contributed by atoms with van der Waals surface area (Å²) >= 11 is 3.28. The Hall–Kier alpha value is -1.47. The third-order valence-electron chi connectivity index (χ3n) is 3.19. The monoisotopic (exact) mass is 327 g/mol. The van der Waals surface area contributed by atoms with Crippen LogP contribution in [0.3, 0.4) is 0 Å². The molecule has 0 spiro atoms. The van der Waals surface area contributed by atoms with Crippen molar-refractivity contribution < 1.29 is 14.3 Å². The molecule has 0 bridgehead atoms. The molecule has 0 unspecified atom stereocenters. The summed E-state index contributed by atoms with van der Waals surface area (Å²) in [5, 5.41) is 0. The van der Waals surface area contributed by atoms with E-state index in [2.05, 4.69) is 20.9 Å². The summed E-state index contributed by atoms with van der Waals surface area (Å²) in [6.45, 7) is 0.359. The van der Waals surface area contributed by atoms with Crippen LogP contribution in [0.5, 0.6) is 0 Å². The molecular formula is C12H14BrN3O3. The lowest BCUT2D eigenvalue weighted by atomic mass is 10.1. The molecule has 19 heavy (non-hydrogen) atoms. The smallest absolute Gasteiger partial charge is 0.255 e. The van der Waals surface area contributed by atoms with Crippen LogP contribution in [0.15, 0.2) is 22.9 Å². The predicted molar refractivity (Wildman–Crippen MR) is 71.4 cm³/mol. The first kappa shape index (κ1) is 14.0. The number of rotatable bonds is 3. The van der Waals surface area contributed by atoms with Gasteiger partial charge in [-0.1, -0.05) is 0 Å². The second kappa shape index (κ2) is 5.66. The molecule has 2 atom stereocenters. The van der Waals surface area contributed by atoms with E-state index in [1.807, 2.05) is 0 Å². The molecule has 0 radical (unpaired) electrons. The van der Waals surface area contributed by atoms with Crippen LogP contribution in [-0.4, -0.2) is 47.5 Å². The molecule has 2 rings (SSSR count). The van der Waals surface area contributed by atoms with E-state index in [1.165, 1.54) is 17.3 Å². The van der Waals surface area contributed by atoms with E-state index in [0.717, 1.165) is 0 Å². The summed E-state index contributed by atoms with van der Waals surface area (Å²) in [5.74, 6) is -0.768. The molecule has 1 aliphatic rings. The Morgan fingerprint density at radius 3 is 2.89 bits per heavy atom. The van der Waals surface area contributed by atoms with Crippen molar-refractivity contribution in [3.63, 3.8) is 0 Å². The van der Waals surface area contributed by atoms with E-state index in [0.29, 0.717) is 23.0 Å². The summed E-state index contributed by atoms with van der Waals surface area (Å²) in [6.07, 6.45) is 3.33. The van der Waals surface area contributed by atoms with Gasteiger partial charge in [0.1, 0.15) is 6.04 Å². The Balaban J connectivity index is 2.27. The Kier molecular flexibility index (Phi) is 4.16. The van der Waals surface area contributed by atoms with Crippen LogP contribution >= 0.6 is 15.9 Å². The largest absolute Gasteiger partial charge is 0.380 e. The van der Waals surface area contributed by atoms with Gasteiger partial charge in [0.25, 0.3) is 5.91 Å². The van der Waals surface area contributed by atoms with Crippen LogP contribution in [0.4, 0.5) is 0 Å². The highest BCUT2D eigenvalue weighted by atomic mass is 79.9. The first-order chi connectivity index (χ1) is 9.04. The number of nitrogens with zero attached hydrogens (tertiary/aromatic N) is 2. The lowest BCUT2D eigenvalue weighted by Crippen LogP contribution is -2.43. The number of carbonyl (C=O) groups excluding carboxylic acids is 2. The van der Waals surface area contributed by atoms with Gasteiger partial charge in [0.15, 0.2) is 0 Å². The molecule has 0 aliphatic carbocycles. The minimum atomic E-state index is -0.627. The van der Waals surface area contributed by atoms with Crippen molar-refractivity contribution in [1.29, 1.82) is 0 Å². The number of likely N-dealkylation sites (tertiary alicyclic amines) is 1. The van der Waals surface area contributed by atoms with Gasteiger partial charge in [-0.05, 0) is 22.0 Å². The third kappa shape index (κ3) is 2.76. The van der Waals surface area contributed by atoms with Gasteiger partial charge in [-0.3, -0.25) is 14.6 Å². The molecule has 2 amide bonds. The van der Waals surface area contributed by atoms with Crippen LogP contribution in [0, 0.1) is 0 Å². The van der Waals surface area contributed by atoms with Crippen LogP contribution in [0.25, 0.3) is 0 Å². The molecule has 0 saturated carbocycles. The number of hydrogen-bond acceptors (Lipinski definition) is 4. The molecule has 1 saturated heterocycles. The number of amides is 2. The Labute approximate surface area is 119 Å². The molecule has 1 aliphatic heterocycles. The van der Waals surface area contributed by atoms with Crippen molar-refractivity contribution in [2.24, 2.45) is 5.73 Å². The zero-order valence-electron chi connectivity index (χ0n) is 10.4. The lowest BCUT2D eigenvalue weighted by Gasteiger charge is -2.22. The molecule has 7 heteroatoms. The number of hydrogen-bond donors (Lipinski definition) is 1. The van der Waals surface area contributed by atoms with Gasteiger partial charge in [-0.15, -0.1) is 0 Å². The topological polar surface area (TPSA) is 85.5 Å². The van der Waals surface area contributed by atoms with Crippen LogP contribution < -0.4 is 5.73 Å². The minimum absolute atomic E-state index is 0.165. The zero-order chi connectivity index (χ0) is 14.0. The van der Waals surface area contributed by atoms with Crippen molar-refractivity contribution >= 4 is 27.7 Å². The van der Waals surface area contributed by atoms with E-state index < -0.39 is 11.9 Å². The number of ether oxygens (including phenoxy) is 1. The molecule has 2 heterocycles. The third-order valence-corrected chi connectivity index (χ3v) is 3.82. The average molecular weight is 328 g/mol. The van der Waals surface area contributed by atoms with Crippen LogP contribution in [0.1, 0.15) is 16.8 Å². The van der Waals surface area contributed by atoms with Crippen LogP contribution in [0.2, 0.25) is 0 Å². The number of methoxy groups -OCH3 is 1. The molecule has 6 nitrogen and oxygen atoms in total. The SMILES string of the molecule is CO[C@H]1C[C@@H](C(N)=O)N(C(=O)c2ccncc2Br)C1. The summed E-state index contributed by atoms with van der Waals surface area (Å²) in [7, 11) is 1.55. The molecule has 2 N–H and O–H groups in total. The molecule has 1 aromatic heterocycles. The van der Waals surface area contributed by atoms with E-state index in [1.54, 1.807) is 13.2 Å². The summed E-state index contributed by atoms with van der Waals surface area (Å²) in [5.41, 5.74) is 5.80. The van der Waals surface area contributed by atoms with E-state index in [-0.39, 0.29) is 12.0 Å². The summed E-state index contributed by atoms with van der Waals surface area (Å²) < 4.78 is 5.80. The first-order valence-corrected chi connectivity index (χ1v) is 6.56. The number of primary amides is 1. The predicted octanol–water partition coefficient (Wildman–Crippen LogP) is 0.559.